The molecule has 18 heavy (non-hydrogen) atoms. The summed E-state index contributed by atoms with van der Waals surface area (Å²) in [5.74, 6) is -0.513. The van der Waals surface area contributed by atoms with Gasteiger partial charge in [0.05, 0.1) is 5.75 Å². The van der Waals surface area contributed by atoms with Crippen LogP contribution in [-0.2, 0) is 22.3 Å². The quantitative estimate of drug-likeness (QED) is 0.917. The third kappa shape index (κ3) is 3.90. The van der Waals surface area contributed by atoms with Gasteiger partial charge in [-0.25, -0.2) is 17.5 Å². The fourth-order valence-corrected chi connectivity index (χ4v) is 3.29. The Balaban J connectivity index is 1.97. The zero-order valence-corrected chi connectivity index (χ0v) is 11.1. The van der Waals surface area contributed by atoms with Crippen LogP contribution in [0.15, 0.2) is 41.8 Å². The molecule has 2 rings (SSSR count). The lowest BCUT2D eigenvalue weighted by Gasteiger charge is -2.05. The van der Waals surface area contributed by atoms with Gasteiger partial charge in [0.25, 0.3) is 0 Å². The summed E-state index contributed by atoms with van der Waals surface area (Å²) in [7, 11) is -3.39. The third-order valence-electron chi connectivity index (χ3n) is 2.32. The summed E-state index contributed by atoms with van der Waals surface area (Å²) < 4.78 is 38.8. The van der Waals surface area contributed by atoms with Crippen molar-refractivity contribution in [2.45, 2.75) is 12.3 Å². The molecular formula is C12H12FNO2S2. The molecule has 2 aromatic rings. The van der Waals surface area contributed by atoms with E-state index >= 15 is 0 Å². The number of halogens is 1. The van der Waals surface area contributed by atoms with E-state index in [0.29, 0.717) is 12.1 Å². The van der Waals surface area contributed by atoms with Gasteiger partial charge in [0, 0.05) is 11.4 Å². The molecule has 0 bridgehead atoms. The van der Waals surface area contributed by atoms with E-state index in [2.05, 4.69) is 4.72 Å². The highest BCUT2D eigenvalue weighted by Crippen LogP contribution is 2.10. The Morgan fingerprint density at radius 1 is 1.17 bits per heavy atom. The number of rotatable bonds is 5. The van der Waals surface area contributed by atoms with E-state index < -0.39 is 10.0 Å². The lowest BCUT2D eigenvalue weighted by molar-refractivity contribution is 0.580. The number of hydrogen-bond donors (Lipinski definition) is 1. The van der Waals surface area contributed by atoms with Gasteiger partial charge in [-0.3, -0.25) is 0 Å². The summed E-state index contributed by atoms with van der Waals surface area (Å²) in [4.78, 5) is 0.956. The lowest BCUT2D eigenvalue weighted by Crippen LogP contribution is -2.24. The van der Waals surface area contributed by atoms with Crippen molar-refractivity contribution in [1.82, 2.24) is 4.72 Å². The van der Waals surface area contributed by atoms with E-state index in [1.165, 1.54) is 35.6 Å². The predicted octanol–water partition coefficient (Wildman–Crippen LogP) is 2.51. The van der Waals surface area contributed by atoms with Crippen LogP contribution in [-0.4, -0.2) is 8.42 Å². The minimum Gasteiger partial charge on any atom is -0.212 e. The summed E-state index contributed by atoms with van der Waals surface area (Å²) in [6.45, 7) is 0.293. The summed E-state index contributed by atoms with van der Waals surface area (Å²) >= 11 is 1.50. The van der Waals surface area contributed by atoms with Gasteiger partial charge in [-0.1, -0.05) is 18.2 Å². The Kier molecular flexibility index (Phi) is 4.11. The number of sulfonamides is 1. The predicted molar refractivity (Wildman–Crippen MR) is 70.2 cm³/mol. The molecule has 0 saturated carbocycles. The first kappa shape index (κ1) is 13.2. The summed E-state index contributed by atoms with van der Waals surface area (Å²) in [6.07, 6.45) is 0. The maximum atomic E-state index is 12.7. The molecule has 0 aliphatic rings. The average molecular weight is 285 g/mol. The second-order valence-electron chi connectivity index (χ2n) is 3.79. The van der Waals surface area contributed by atoms with Crippen LogP contribution in [0.4, 0.5) is 4.39 Å². The fourth-order valence-electron chi connectivity index (χ4n) is 1.45. The van der Waals surface area contributed by atoms with Crippen molar-refractivity contribution in [3.8, 4) is 0 Å². The molecule has 96 valence electrons. The summed E-state index contributed by atoms with van der Waals surface area (Å²) in [5.41, 5.74) is 0.565. The molecule has 1 N–H and O–H groups in total. The van der Waals surface area contributed by atoms with E-state index in [1.54, 1.807) is 0 Å². The molecule has 6 heteroatoms. The molecule has 0 amide bonds. The minimum absolute atomic E-state index is 0.140. The zero-order chi connectivity index (χ0) is 13.0. The van der Waals surface area contributed by atoms with Gasteiger partial charge in [0.2, 0.25) is 10.0 Å². The van der Waals surface area contributed by atoms with Crippen molar-refractivity contribution < 1.29 is 12.8 Å². The van der Waals surface area contributed by atoms with Crippen LogP contribution in [0.2, 0.25) is 0 Å². The Labute approximate surface area is 109 Å². The monoisotopic (exact) mass is 285 g/mol. The molecule has 1 heterocycles. The van der Waals surface area contributed by atoms with Crippen LogP contribution in [0, 0.1) is 5.82 Å². The van der Waals surface area contributed by atoms with Gasteiger partial charge >= 0.3 is 0 Å². The van der Waals surface area contributed by atoms with Crippen molar-refractivity contribution in [2.24, 2.45) is 0 Å². The molecule has 1 aromatic heterocycles. The van der Waals surface area contributed by atoms with Crippen molar-refractivity contribution in [2.75, 3.05) is 0 Å². The zero-order valence-electron chi connectivity index (χ0n) is 9.47. The standard InChI is InChI=1S/C12H12FNO2S2/c13-11-5-3-10(4-6-11)9-18(15,16)14-8-12-2-1-7-17-12/h1-7,14H,8-9H2. The smallest absolute Gasteiger partial charge is 0.212 e. The Morgan fingerprint density at radius 2 is 1.89 bits per heavy atom. The first-order chi connectivity index (χ1) is 8.55. The summed E-state index contributed by atoms with van der Waals surface area (Å²) in [6, 6.07) is 9.19. The molecular weight excluding hydrogens is 273 g/mol. The number of nitrogens with one attached hydrogen (secondary N) is 1. The van der Waals surface area contributed by atoms with Crippen LogP contribution in [0.3, 0.4) is 0 Å². The van der Waals surface area contributed by atoms with Crippen LogP contribution in [0.5, 0.6) is 0 Å². The van der Waals surface area contributed by atoms with Gasteiger partial charge in [-0.2, -0.15) is 0 Å². The maximum absolute atomic E-state index is 12.7. The second-order valence-corrected chi connectivity index (χ2v) is 6.63. The molecule has 0 radical (unpaired) electrons. The SMILES string of the molecule is O=S(=O)(Cc1ccc(F)cc1)NCc1cccs1. The maximum Gasteiger partial charge on any atom is 0.216 e. The Hall–Kier alpha value is -1.24. The van der Waals surface area contributed by atoms with Gasteiger partial charge in [-0.15, -0.1) is 11.3 Å². The number of thiophene rings is 1. The van der Waals surface area contributed by atoms with Crippen molar-refractivity contribution in [1.29, 1.82) is 0 Å². The van der Waals surface area contributed by atoms with E-state index in [9.17, 15) is 12.8 Å². The van der Waals surface area contributed by atoms with Crippen molar-refractivity contribution in [3.63, 3.8) is 0 Å². The molecule has 0 spiro atoms. The largest absolute Gasteiger partial charge is 0.216 e. The molecule has 0 unspecified atom stereocenters. The average Bonchev–Trinajstić information content (AvgIpc) is 2.83. The molecule has 0 aliphatic carbocycles. The highest BCUT2D eigenvalue weighted by Gasteiger charge is 2.11. The molecule has 0 atom stereocenters. The van der Waals surface area contributed by atoms with Gasteiger partial charge in [0.15, 0.2) is 0 Å². The second kappa shape index (κ2) is 5.60. The molecule has 3 nitrogen and oxygen atoms in total. The highest BCUT2D eigenvalue weighted by atomic mass is 32.2. The van der Waals surface area contributed by atoms with Gasteiger partial charge in [0.1, 0.15) is 5.82 Å². The molecule has 1 aromatic carbocycles. The van der Waals surface area contributed by atoms with E-state index in [1.807, 2.05) is 17.5 Å². The number of benzene rings is 1. The Morgan fingerprint density at radius 3 is 2.50 bits per heavy atom. The normalized spacial score (nSPS) is 11.6. The van der Waals surface area contributed by atoms with Gasteiger partial charge in [-0.05, 0) is 29.1 Å². The Bertz CT molecular complexity index is 592. The molecule has 0 saturated heterocycles. The van der Waals surface area contributed by atoms with E-state index in [4.69, 9.17) is 0 Å². The first-order valence-electron chi connectivity index (χ1n) is 5.29. The van der Waals surface area contributed by atoms with Crippen LogP contribution < -0.4 is 4.72 Å². The molecule has 0 fully saturated rings. The lowest BCUT2D eigenvalue weighted by atomic mass is 10.2. The summed E-state index contributed by atoms with van der Waals surface area (Å²) in [5, 5.41) is 1.89. The third-order valence-corrected chi connectivity index (χ3v) is 4.49. The topological polar surface area (TPSA) is 46.2 Å². The van der Waals surface area contributed by atoms with Crippen LogP contribution in [0.1, 0.15) is 10.4 Å². The minimum atomic E-state index is -3.39. The van der Waals surface area contributed by atoms with Crippen LogP contribution in [0.25, 0.3) is 0 Å². The van der Waals surface area contributed by atoms with Crippen molar-refractivity contribution in [3.05, 3.63) is 58.0 Å². The van der Waals surface area contributed by atoms with Gasteiger partial charge < -0.3 is 0 Å². The molecule has 0 aliphatic heterocycles. The fraction of sp³-hybridized carbons (Fsp3) is 0.167. The van der Waals surface area contributed by atoms with Crippen LogP contribution >= 0.6 is 11.3 Å². The van der Waals surface area contributed by atoms with Crippen molar-refractivity contribution >= 4 is 21.4 Å². The van der Waals surface area contributed by atoms with E-state index in [0.717, 1.165) is 4.88 Å². The number of hydrogen-bond acceptors (Lipinski definition) is 3. The van der Waals surface area contributed by atoms with E-state index in [-0.39, 0.29) is 11.6 Å². The highest BCUT2D eigenvalue weighted by molar-refractivity contribution is 7.88. The first-order valence-corrected chi connectivity index (χ1v) is 7.82.